The number of hydrogen-bond donors (Lipinski definition) is 1. The summed E-state index contributed by atoms with van der Waals surface area (Å²) in [6.07, 6.45) is 2.21. The highest BCUT2D eigenvalue weighted by atomic mass is 35.5. The standard InChI is InChI=1S/C24H26ClNO6S/c1-4-6-7-20(26-33(29,30)17-10-8-15(3)9-11-17)24(28)32-22-14-21-18(13-19(22)25)16(5-2)12-23(27)31-21/h8-14,20,26H,4-7H2,1-3H3/t20-/m0/s1. The molecule has 9 heteroatoms. The Morgan fingerprint density at radius 3 is 2.48 bits per heavy atom. The minimum absolute atomic E-state index is 0.0124. The maximum absolute atomic E-state index is 13.0. The third-order valence-corrected chi connectivity index (χ3v) is 7.02. The molecule has 0 fully saturated rings. The van der Waals surface area contributed by atoms with E-state index in [0.717, 1.165) is 17.5 Å². The van der Waals surface area contributed by atoms with Crippen molar-refractivity contribution < 1.29 is 22.4 Å². The predicted molar refractivity (Wildman–Crippen MR) is 127 cm³/mol. The van der Waals surface area contributed by atoms with E-state index in [9.17, 15) is 18.0 Å². The van der Waals surface area contributed by atoms with E-state index in [1.54, 1.807) is 18.2 Å². The third kappa shape index (κ3) is 6.01. The first-order valence-corrected chi connectivity index (χ1v) is 12.6. The number of benzene rings is 2. The summed E-state index contributed by atoms with van der Waals surface area (Å²) < 4.78 is 38.8. The van der Waals surface area contributed by atoms with Gasteiger partial charge in [0.2, 0.25) is 10.0 Å². The summed E-state index contributed by atoms with van der Waals surface area (Å²) in [5.74, 6) is -0.809. The second-order valence-corrected chi connectivity index (χ2v) is 9.89. The van der Waals surface area contributed by atoms with Crippen molar-refractivity contribution in [3.8, 4) is 5.75 Å². The second-order valence-electron chi connectivity index (χ2n) is 7.77. The lowest BCUT2D eigenvalue weighted by Crippen LogP contribution is -2.43. The van der Waals surface area contributed by atoms with E-state index in [0.29, 0.717) is 18.2 Å². The number of aryl methyl sites for hydroxylation is 2. The van der Waals surface area contributed by atoms with Crippen LogP contribution in [0.1, 0.15) is 44.2 Å². The van der Waals surface area contributed by atoms with Crippen molar-refractivity contribution in [3.63, 3.8) is 0 Å². The van der Waals surface area contributed by atoms with Gasteiger partial charge < -0.3 is 9.15 Å². The minimum Gasteiger partial charge on any atom is -0.424 e. The molecule has 0 bridgehead atoms. The zero-order valence-corrected chi connectivity index (χ0v) is 20.3. The molecule has 33 heavy (non-hydrogen) atoms. The molecule has 0 spiro atoms. The van der Waals surface area contributed by atoms with Crippen molar-refractivity contribution in [3.05, 3.63) is 69.0 Å². The summed E-state index contributed by atoms with van der Waals surface area (Å²) in [7, 11) is -3.95. The van der Waals surface area contributed by atoms with Crippen LogP contribution in [0.2, 0.25) is 5.02 Å². The number of carbonyl (C=O) groups is 1. The fraction of sp³-hybridized carbons (Fsp3) is 0.333. The second kappa shape index (κ2) is 10.5. The van der Waals surface area contributed by atoms with Gasteiger partial charge in [0, 0.05) is 17.5 Å². The van der Waals surface area contributed by atoms with Crippen molar-refractivity contribution in [1.29, 1.82) is 0 Å². The quantitative estimate of drug-likeness (QED) is 0.263. The van der Waals surface area contributed by atoms with Gasteiger partial charge in [-0.3, -0.25) is 0 Å². The van der Waals surface area contributed by atoms with Crippen molar-refractivity contribution >= 4 is 38.6 Å². The van der Waals surface area contributed by atoms with Gasteiger partial charge in [-0.2, -0.15) is 4.72 Å². The van der Waals surface area contributed by atoms with E-state index in [-0.39, 0.29) is 27.7 Å². The third-order valence-electron chi connectivity index (χ3n) is 5.23. The highest BCUT2D eigenvalue weighted by Crippen LogP contribution is 2.32. The van der Waals surface area contributed by atoms with Crippen molar-refractivity contribution in [2.24, 2.45) is 0 Å². The predicted octanol–water partition coefficient (Wildman–Crippen LogP) is 4.76. The Kier molecular flexibility index (Phi) is 7.94. The average Bonchev–Trinajstić information content (AvgIpc) is 2.77. The number of halogens is 1. The van der Waals surface area contributed by atoms with Crippen LogP contribution >= 0.6 is 11.6 Å². The van der Waals surface area contributed by atoms with Crippen LogP contribution in [0.4, 0.5) is 0 Å². The van der Waals surface area contributed by atoms with Gasteiger partial charge >= 0.3 is 11.6 Å². The van der Waals surface area contributed by atoms with E-state index in [4.69, 9.17) is 20.8 Å². The molecule has 1 heterocycles. The summed E-state index contributed by atoms with van der Waals surface area (Å²) in [5.41, 5.74) is 1.38. The zero-order chi connectivity index (χ0) is 24.2. The molecule has 7 nitrogen and oxygen atoms in total. The number of carbonyl (C=O) groups excluding carboxylic acids is 1. The van der Waals surface area contributed by atoms with E-state index in [1.807, 2.05) is 20.8 Å². The first kappa shape index (κ1) is 25.0. The maximum atomic E-state index is 13.0. The first-order valence-electron chi connectivity index (χ1n) is 10.7. The van der Waals surface area contributed by atoms with E-state index >= 15 is 0 Å². The number of unbranched alkanes of at least 4 members (excludes halogenated alkanes) is 1. The average molecular weight is 492 g/mol. The van der Waals surface area contributed by atoms with Gasteiger partial charge in [-0.25, -0.2) is 18.0 Å². The number of fused-ring (bicyclic) bond motifs is 1. The van der Waals surface area contributed by atoms with E-state index in [2.05, 4.69) is 4.72 Å². The molecule has 0 radical (unpaired) electrons. The molecule has 0 aliphatic carbocycles. The normalized spacial score (nSPS) is 12.6. The van der Waals surface area contributed by atoms with Crippen LogP contribution < -0.4 is 15.1 Å². The molecule has 1 N–H and O–H groups in total. The largest absolute Gasteiger partial charge is 0.424 e. The fourth-order valence-electron chi connectivity index (χ4n) is 3.38. The zero-order valence-electron chi connectivity index (χ0n) is 18.7. The molecule has 0 amide bonds. The molecule has 1 atom stereocenters. The lowest BCUT2D eigenvalue weighted by atomic mass is 10.1. The molecule has 0 aliphatic rings. The van der Waals surface area contributed by atoms with Gasteiger partial charge in [-0.1, -0.05) is 56.0 Å². The molecule has 0 saturated carbocycles. The Labute approximate surface area is 197 Å². The Morgan fingerprint density at radius 1 is 1.15 bits per heavy atom. The Morgan fingerprint density at radius 2 is 1.85 bits per heavy atom. The van der Waals surface area contributed by atoms with Crippen LogP contribution in [-0.4, -0.2) is 20.4 Å². The van der Waals surface area contributed by atoms with Gasteiger partial charge in [0.05, 0.1) is 9.92 Å². The smallest absolute Gasteiger partial charge is 0.336 e. The van der Waals surface area contributed by atoms with Gasteiger partial charge in [0.15, 0.2) is 5.75 Å². The van der Waals surface area contributed by atoms with Crippen LogP contribution in [0, 0.1) is 6.92 Å². The molecule has 1 aromatic heterocycles. The van der Waals surface area contributed by atoms with Gasteiger partial charge in [-0.15, -0.1) is 0 Å². The molecular weight excluding hydrogens is 466 g/mol. The van der Waals surface area contributed by atoms with Gasteiger partial charge in [-0.05, 0) is 43.5 Å². The van der Waals surface area contributed by atoms with Crippen LogP contribution in [0.5, 0.6) is 5.75 Å². The van der Waals surface area contributed by atoms with Gasteiger partial charge in [0.1, 0.15) is 11.6 Å². The summed E-state index contributed by atoms with van der Waals surface area (Å²) in [6, 6.07) is 9.55. The molecule has 0 unspecified atom stereocenters. The summed E-state index contributed by atoms with van der Waals surface area (Å²) in [5, 5.41) is 0.791. The van der Waals surface area contributed by atoms with E-state index < -0.39 is 27.7 Å². The molecule has 0 aliphatic heterocycles. The minimum atomic E-state index is -3.95. The van der Waals surface area contributed by atoms with Crippen LogP contribution in [0.25, 0.3) is 11.0 Å². The van der Waals surface area contributed by atoms with Gasteiger partial charge in [0.25, 0.3) is 0 Å². The van der Waals surface area contributed by atoms with Crippen LogP contribution in [-0.2, 0) is 21.2 Å². The Balaban J connectivity index is 1.89. The van der Waals surface area contributed by atoms with E-state index in [1.165, 1.54) is 24.3 Å². The fourth-order valence-corrected chi connectivity index (χ4v) is 4.81. The van der Waals surface area contributed by atoms with Crippen molar-refractivity contribution in [1.82, 2.24) is 4.72 Å². The lowest BCUT2D eigenvalue weighted by molar-refractivity contribution is -0.136. The number of hydrogen-bond acceptors (Lipinski definition) is 6. The number of nitrogens with one attached hydrogen (secondary N) is 1. The maximum Gasteiger partial charge on any atom is 0.336 e. The summed E-state index contributed by atoms with van der Waals surface area (Å²) in [6.45, 7) is 5.68. The van der Waals surface area contributed by atoms with Crippen molar-refractivity contribution in [2.75, 3.05) is 0 Å². The van der Waals surface area contributed by atoms with Crippen LogP contribution in [0.15, 0.2) is 56.6 Å². The monoisotopic (exact) mass is 491 g/mol. The molecule has 176 valence electrons. The number of rotatable bonds is 9. The molecule has 3 rings (SSSR count). The summed E-state index contributed by atoms with van der Waals surface area (Å²) >= 11 is 6.33. The lowest BCUT2D eigenvalue weighted by Gasteiger charge is -2.18. The Hall–Kier alpha value is -2.68. The topological polar surface area (TPSA) is 103 Å². The molecule has 2 aromatic carbocycles. The molecule has 0 saturated heterocycles. The number of ether oxygens (including phenoxy) is 1. The summed E-state index contributed by atoms with van der Waals surface area (Å²) in [4.78, 5) is 24.9. The van der Waals surface area contributed by atoms with Crippen LogP contribution in [0.3, 0.4) is 0 Å². The highest BCUT2D eigenvalue weighted by molar-refractivity contribution is 7.89. The first-order chi connectivity index (χ1) is 15.6. The highest BCUT2D eigenvalue weighted by Gasteiger charge is 2.28. The van der Waals surface area contributed by atoms with Crippen molar-refractivity contribution in [2.45, 2.75) is 57.4 Å². The Bertz CT molecular complexity index is 1320. The molecule has 3 aromatic rings. The number of sulfonamides is 1. The molecular formula is C24H26ClNO6S. The SMILES string of the molecule is CCCC[C@H](NS(=O)(=O)c1ccc(C)cc1)C(=O)Oc1cc2oc(=O)cc(CC)c2cc1Cl. The number of esters is 1.